The van der Waals surface area contributed by atoms with Gasteiger partial charge in [0.15, 0.2) is 0 Å². The van der Waals surface area contributed by atoms with Gasteiger partial charge in [-0.3, -0.25) is 0 Å². The minimum atomic E-state index is -0.133. The first-order valence-electron chi connectivity index (χ1n) is 11.4. The zero-order chi connectivity index (χ0) is 20.5. The van der Waals surface area contributed by atoms with Crippen LogP contribution in [0.4, 0.5) is 4.39 Å². The average molecular weight is 399 g/mol. The molecule has 29 heavy (non-hydrogen) atoms. The van der Waals surface area contributed by atoms with E-state index in [-0.39, 0.29) is 5.82 Å². The highest BCUT2D eigenvalue weighted by Gasteiger charge is 2.20. The van der Waals surface area contributed by atoms with E-state index in [9.17, 15) is 4.39 Å². The number of benzene rings is 1. The number of rotatable bonds is 10. The summed E-state index contributed by atoms with van der Waals surface area (Å²) >= 11 is 0. The van der Waals surface area contributed by atoms with Crippen molar-refractivity contribution < 1.29 is 9.13 Å². The molecule has 0 spiro atoms. The highest BCUT2D eigenvalue weighted by molar-refractivity contribution is 5.59. The van der Waals surface area contributed by atoms with Gasteiger partial charge in [-0.05, 0) is 48.8 Å². The van der Waals surface area contributed by atoms with Gasteiger partial charge in [0.05, 0.1) is 12.3 Å². The Labute approximate surface area is 175 Å². The van der Waals surface area contributed by atoms with E-state index in [2.05, 4.69) is 24.0 Å². The number of aromatic nitrogens is 2. The van der Waals surface area contributed by atoms with Crippen LogP contribution in [0.25, 0.3) is 11.3 Å². The summed E-state index contributed by atoms with van der Waals surface area (Å²) in [5.74, 6) is 2.07. The topological polar surface area (TPSA) is 35.0 Å². The van der Waals surface area contributed by atoms with Crippen LogP contribution in [-0.4, -0.2) is 16.8 Å². The molecular weight excluding hydrogens is 363 g/mol. The first-order valence-corrected chi connectivity index (χ1v) is 11.4. The van der Waals surface area contributed by atoms with Gasteiger partial charge in [-0.25, -0.2) is 4.39 Å². The third-order valence-electron chi connectivity index (χ3n) is 6.35. The van der Waals surface area contributed by atoms with E-state index in [0.29, 0.717) is 18.2 Å². The summed E-state index contributed by atoms with van der Waals surface area (Å²) in [4.78, 5) is 0. The van der Waals surface area contributed by atoms with Gasteiger partial charge in [0.2, 0.25) is 5.88 Å². The molecule has 0 unspecified atom stereocenters. The lowest BCUT2D eigenvalue weighted by atomic mass is 9.78. The third-order valence-corrected chi connectivity index (χ3v) is 6.35. The van der Waals surface area contributed by atoms with Gasteiger partial charge in [0.25, 0.3) is 0 Å². The Morgan fingerprint density at radius 3 is 2.41 bits per heavy atom. The molecule has 2 aromatic rings. The average Bonchev–Trinajstić information content (AvgIpc) is 2.77. The second-order valence-electron chi connectivity index (χ2n) is 8.45. The second kappa shape index (κ2) is 11.3. The minimum Gasteiger partial charge on any atom is -0.477 e. The zero-order valence-corrected chi connectivity index (χ0v) is 18.0. The summed E-state index contributed by atoms with van der Waals surface area (Å²) < 4.78 is 20.2. The molecule has 3 rings (SSSR count). The Morgan fingerprint density at radius 2 is 1.76 bits per heavy atom. The van der Waals surface area contributed by atoms with Crippen molar-refractivity contribution >= 4 is 0 Å². The molecule has 0 amide bonds. The van der Waals surface area contributed by atoms with Crippen molar-refractivity contribution in [2.45, 2.75) is 78.1 Å². The van der Waals surface area contributed by atoms with Crippen LogP contribution in [0.2, 0.25) is 0 Å². The fourth-order valence-electron chi connectivity index (χ4n) is 4.28. The maximum Gasteiger partial charge on any atom is 0.233 e. The normalized spacial score (nSPS) is 19.3. The Morgan fingerprint density at radius 1 is 0.966 bits per heavy atom. The lowest BCUT2D eigenvalue weighted by Gasteiger charge is -2.27. The minimum absolute atomic E-state index is 0.133. The number of nitrogens with zero attached hydrogens (tertiary/aromatic N) is 2. The third kappa shape index (κ3) is 6.52. The Kier molecular flexibility index (Phi) is 8.45. The molecule has 0 N–H and O–H groups in total. The standard InChI is InChI=1S/C25H35FN2O/c1-3-5-6-17-29-25-16-15-24(27-28-25)22-14-13-21(23(26)18-22)12-11-20-9-7-19(4-2)8-10-20/h13-16,18-20H,3-12,17H2,1-2H3/t19-,20-. The smallest absolute Gasteiger partial charge is 0.233 e. The van der Waals surface area contributed by atoms with Gasteiger partial charge in [0.1, 0.15) is 5.82 Å². The fraction of sp³-hybridized carbons (Fsp3) is 0.600. The number of unbranched alkanes of at least 4 members (excludes halogenated alkanes) is 2. The van der Waals surface area contributed by atoms with Gasteiger partial charge in [0, 0.05) is 11.6 Å². The van der Waals surface area contributed by atoms with Crippen LogP contribution >= 0.6 is 0 Å². The Balaban J connectivity index is 1.52. The summed E-state index contributed by atoms with van der Waals surface area (Å²) in [7, 11) is 0. The molecule has 1 aliphatic rings. The lowest BCUT2D eigenvalue weighted by molar-refractivity contribution is 0.258. The van der Waals surface area contributed by atoms with Crippen LogP contribution in [0, 0.1) is 17.7 Å². The summed E-state index contributed by atoms with van der Waals surface area (Å²) in [5, 5.41) is 8.33. The predicted molar refractivity (Wildman–Crippen MR) is 117 cm³/mol. The zero-order valence-electron chi connectivity index (χ0n) is 18.0. The SMILES string of the molecule is CCCCCOc1ccc(-c2ccc(CC[C@H]3CC[C@H](CC)CC3)c(F)c2)nn1. The highest BCUT2D eigenvalue weighted by Crippen LogP contribution is 2.33. The molecule has 1 aromatic heterocycles. The van der Waals surface area contributed by atoms with E-state index < -0.39 is 0 Å². The van der Waals surface area contributed by atoms with Crippen molar-refractivity contribution in [2.24, 2.45) is 11.8 Å². The van der Waals surface area contributed by atoms with Crippen molar-refractivity contribution in [1.29, 1.82) is 0 Å². The number of aryl methyl sites for hydroxylation is 1. The lowest BCUT2D eigenvalue weighted by Crippen LogP contribution is -2.14. The molecule has 1 saturated carbocycles. The monoisotopic (exact) mass is 398 g/mol. The summed E-state index contributed by atoms with van der Waals surface area (Å²) in [6, 6.07) is 9.13. The molecule has 1 heterocycles. The van der Waals surface area contributed by atoms with Gasteiger partial charge >= 0.3 is 0 Å². The predicted octanol–water partition coefficient (Wildman–Crippen LogP) is 7.00. The Hall–Kier alpha value is -1.97. The van der Waals surface area contributed by atoms with E-state index >= 15 is 0 Å². The van der Waals surface area contributed by atoms with Crippen molar-refractivity contribution in [1.82, 2.24) is 10.2 Å². The highest BCUT2D eigenvalue weighted by atomic mass is 19.1. The number of halogens is 1. The molecule has 1 aliphatic carbocycles. The quantitative estimate of drug-likeness (QED) is 0.404. The first kappa shape index (κ1) is 21.7. The summed E-state index contributed by atoms with van der Waals surface area (Å²) in [6.07, 6.45) is 11.9. The molecule has 4 heteroatoms. The van der Waals surface area contributed by atoms with Gasteiger partial charge in [-0.1, -0.05) is 70.9 Å². The molecule has 1 aromatic carbocycles. The van der Waals surface area contributed by atoms with E-state index in [1.165, 1.54) is 32.1 Å². The van der Waals surface area contributed by atoms with Crippen molar-refractivity contribution in [3.63, 3.8) is 0 Å². The van der Waals surface area contributed by atoms with Crippen LogP contribution in [0.5, 0.6) is 5.88 Å². The number of ether oxygens (including phenoxy) is 1. The molecule has 3 nitrogen and oxygen atoms in total. The van der Waals surface area contributed by atoms with Gasteiger partial charge in [-0.2, -0.15) is 0 Å². The summed E-state index contributed by atoms with van der Waals surface area (Å²) in [6.45, 7) is 5.11. The van der Waals surface area contributed by atoms with Crippen LogP contribution in [0.15, 0.2) is 30.3 Å². The van der Waals surface area contributed by atoms with E-state index in [4.69, 9.17) is 4.74 Å². The maximum absolute atomic E-state index is 14.7. The maximum atomic E-state index is 14.7. The van der Waals surface area contributed by atoms with Crippen LogP contribution in [-0.2, 0) is 6.42 Å². The molecule has 0 atom stereocenters. The van der Waals surface area contributed by atoms with Crippen molar-refractivity contribution in [3.8, 4) is 17.1 Å². The van der Waals surface area contributed by atoms with E-state index in [1.54, 1.807) is 6.07 Å². The molecule has 0 saturated heterocycles. The summed E-state index contributed by atoms with van der Waals surface area (Å²) in [5.41, 5.74) is 2.25. The molecule has 0 radical (unpaired) electrons. The fourth-order valence-corrected chi connectivity index (χ4v) is 4.28. The molecule has 158 valence electrons. The number of hydrogen-bond acceptors (Lipinski definition) is 3. The van der Waals surface area contributed by atoms with Gasteiger partial charge < -0.3 is 4.74 Å². The van der Waals surface area contributed by atoms with Crippen molar-refractivity contribution in [3.05, 3.63) is 41.7 Å². The van der Waals surface area contributed by atoms with E-state index in [0.717, 1.165) is 55.1 Å². The van der Waals surface area contributed by atoms with Gasteiger partial charge in [-0.15, -0.1) is 10.2 Å². The molecule has 0 bridgehead atoms. The second-order valence-corrected chi connectivity index (χ2v) is 8.45. The van der Waals surface area contributed by atoms with Crippen LogP contribution < -0.4 is 4.74 Å². The largest absolute Gasteiger partial charge is 0.477 e. The van der Waals surface area contributed by atoms with E-state index in [1.807, 2.05) is 24.3 Å². The molecular formula is C25H35FN2O. The Bertz CT molecular complexity index is 739. The molecule has 1 fully saturated rings. The van der Waals surface area contributed by atoms with Crippen LogP contribution in [0.1, 0.15) is 77.2 Å². The van der Waals surface area contributed by atoms with Crippen LogP contribution in [0.3, 0.4) is 0 Å². The van der Waals surface area contributed by atoms with Crippen molar-refractivity contribution in [2.75, 3.05) is 6.61 Å². The molecule has 0 aliphatic heterocycles. The number of hydrogen-bond donors (Lipinski definition) is 0. The first-order chi connectivity index (χ1) is 14.2.